The molecule has 0 spiro atoms. The van der Waals surface area contributed by atoms with Gasteiger partial charge < -0.3 is 5.11 Å². The van der Waals surface area contributed by atoms with Gasteiger partial charge in [0.2, 0.25) is 0 Å². The Morgan fingerprint density at radius 1 is 0.931 bits per heavy atom. The minimum absolute atomic E-state index is 0. The van der Waals surface area contributed by atoms with Crippen molar-refractivity contribution in [3.8, 4) is 11.3 Å². The van der Waals surface area contributed by atoms with Crippen molar-refractivity contribution < 1.29 is 30.0 Å². The molecule has 0 fully saturated rings. The molecule has 1 N–H and O–H groups in total. The van der Waals surface area contributed by atoms with Gasteiger partial charge in [-0.1, -0.05) is 31.5 Å². The Bertz CT molecular complexity index is 1040. The second-order valence-corrected chi connectivity index (χ2v) is 7.45. The third-order valence-electron chi connectivity index (χ3n) is 4.29. The number of pyridine rings is 1. The minimum Gasteiger partial charge on any atom is -0.512 e. The zero-order chi connectivity index (χ0) is 21.0. The summed E-state index contributed by atoms with van der Waals surface area (Å²) in [4.78, 5) is 14.9. The molecule has 29 heavy (non-hydrogen) atoms. The Labute approximate surface area is 187 Å². The largest absolute Gasteiger partial charge is 0.512 e. The molecule has 1 radical (unpaired) electrons. The van der Waals surface area contributed by atoms with Crippen molar-refractivity contribution in [2.75, 3.05) is 0 Å². The van der Waals surface area contributed by atoms with E-state index in [9.17, 15) is 4.79 Å². The number of ketones is 1. The van der Waals surface area contributed by atoms with E-state index in [4.69, 9.17) is 10.1 Å². The van der Waals surface area contributed by atoms with Gasteiger partial charge in [0.15, 0.2) is 5.78 Å². The molecular formula is C25H28IrNO2-. The van der Waals surface area contributed by atoms with Crippen LogP contribution in [0.1, 0.15) is 41.7 Å². The van der Waals surface area contributed by atoms with Crippen LogP contribution in [-0.4, -0.2) is 15.9 Å². The Morgan fingerprint density at radius 2 is 1.55 bits per heavy atom. The fourth-order valence-corrected chi connectivity index (χ4v) is 3.32. The van der Waals surface area contributed by atoms with Crippen LogP contribution in [0.25, 0.3) is 22.2 Å². The first-order valence-corrected chi connectivity index (χ1v) is 9.34. The van der Waals surface area contributed by atoms with Crippen LogP contribution in [0.4, 0.5) is 0 Å². The van der Waals surface area contributed by atoms with Crippen LogP contribution in [0.5, 0.6) is 0 Å². The van der Waals surface area contributed by atoms with Gasteiger partial charge in [-0.05, 0) is 57.5 Å². The van der Waals surface area contributed by atoms with Crippen molar-refractivity contribution in [3.63, 3.8) is 0 Å². The van der Waals surface area contributed by atoms with E-state index in [1.165, 1.54) is 47.6 Å². The molecule has 1 aromatic heterocycles. The maximum Gasteiger partial charge on any atom is 0.155 e. The van der Waals surface area contributed by atoms with E-state index in [0.29, 0.717) is 0 Å². The van der Waals surface area contributed by atoms with Gasteiger partial charge in [0.25, 0.3) is 0 Å². The molecular weight excluding hydrogens is 538 g/mol. The topological polar surface area (TPSA) is 50.2 Å². The number of fused-ring (bicyclic) bond motifs is 1. The number of aliphatic hydroxyl groups excluding tert-OH is 1. The van der Waals surface area contributed by atoms with Crippen LogP contribution in [-0.2, 0) is 24.9 Å². The van der Waals surface area contributed by atoms with Crippen molar-refractivity contribution >= 4 is 16.7 Å². The van der Waals surface area contributed by atoms with Gasteiger partial charge in [0.05, 0.1) is 11.3 Å². The molecule has 0 unspecified atom stereocenters. The molecule has 0 saturated heterocycles. The summed E-state index contributed by atoms with van der Waals surface area (Å²) in [5.74, 6) is -0.0625. The molecule has 0 aliphatic rings. The van der Waals surface area contributed by atoms with Crippen molar-refractivity contribution in [1.29, 1.82) is 0 Å². The first kappa shape index (κ1) is 24.7. The predicted octanol–water partition coefficient (Wildman–Crippen LogP) is 6.28. The van der Waals surface area contributed by atoms with Gasteiger partial charge in [-0.15, -0.1) is 34.9 Å². The molecule has 0 aliphatic carbocycles. The number of allylic oxidation sites excluding steroid dienone is 2. The van der Waals surface area contributed by atoms with Gasteiger partial charge in [-0.3, -0.25) is 9.78 Å². The fraction of sp³-hybridized carbons (Fsp3) is 0.280. The SMILES string of the molecule is CC(=O)/C=C(/C)O.Cc1[c-]c(-c2nc3cc(C)cc(C)c3cc2C)cc(C)c1.[Ir]. The molecule has 155 valence electrons. The molecule has 3 nitrogen and oxygen atoms in total. The van der Waals surface area contributed by atoms with E-state index >= 15 is 0 Å². The molecule has 2 aromatic carbocycles. The predicted molar refractivity (Wildman–Crippen MR) is 117 cm³/mol. The van der Waals surface area contributed by atoms with Gasteiger partial charge in [-0.25, -0.2) is 0 Å². The summed E-state index contributed by atoms with van der Waals surface area (Å²) in [6, 6.07) is 14.4. The number of aliphatic hydroxyl groups is 1. The maximum atomic E-state index is 10.0. The van der Waals surface area contributed by atoms with E-state index in [-0.39, 0.29) is 31.6 Å². The molecule has 0 amide bonds. The van der Waals surface area contributed by atoms with Crippen molar-refractivity contribution in [1.82, 2.24) is 4.98 Å². The van der Waals surface area contributed by atoms with E-state index in [1.807, 2.05) is 0 Å². The normalized spacial score (nSPS) is 10.8. The number of hydrogen-bond acceptors (Lipinski definition) is 3. The first-order valence-electron chi connectivity index (χ1n) is 9.34. The second kappa shape index (κ2) is 10.5. The number of rotatable bonds is 2. The molecule has 3 rings (SSSR count). The van der Waals surface area contributed by atoms with Crippen LogP contribution in [0.3, 0.4) is 0 Å². The summed E-state index contributed by atoms with van der Waals surface area (Å²) < 4.78 is 0. The number of aryl methyl sites for hydroxylation is 5. The van der Waals surface area contributed by atoms with Crippen LogP contribution in [0, 0.1) is 40.7 Å². The number of carbonyl (C=O) groups excluding carboxylic acids is 1. The third kappa shape index (κ3) is 6.92. The monoisotopic (exact) mass is 567 g/mol. The van der Waals surface area contributed by atoms with Gasteiger partial charge in [0.1, 0.15) is 0 Å². The molecule has 3 aromatic rings. The van der Waals surface area contributed by atoms with E-state index in [1.54, 1.807) is 0 Å². The van der Waals surface area contributed by atoms with Crippen LogP contribution in [0.2, 0.25) is 0 Å². The average Bonchev–Trinajstić information content (AvgIpc) is 2.53. The van der Waals surface area contributed by atoms with Crippen LogP contribution < -0.4 is 0 Å². The van der Waals surface area contributed by atoms with Crippen molar-refractivity contribution in [2.24, 2.45) is 0 Å². The third-order valence-corrected chi connectivity index (χ3v) is 4.29. The van der Waals surface area contributed by atoms with E-state index in [0.717, 1.165) is 22.3 Å². The molecule has 4 heteroatoms. The molecule has 0 saturated carbocycles. The number of carbonyl (C=O) groups is 1. The van der Waals surface area contributed by atoms with Crippen LogP contribution >= 0.6 is 0 Å². The summed E-state index contributed by atoms with van der Waals surface area (Å²) in [5.41, 5.74) is 9.36. The van der Waals surface area contributed by atoms with Gasteiger partial charge >= 0.3 is 0 Å². The summed E-state index contributed by atoms with van der Waals surface area (Å²) in [7, 11) is 0. The molecule has 0 bridgehead atoms. The zero-order valence-corrected chi connectivity index (χ0v) is 20.5. The maximum absolute atomic E-state index is 10.0. The number of hydrogen-bond donors (Lipinski definition) is 1. The summed E-state index contributed by atoms with van der Waals surface area (Å²) in [6.45, 7) is 13.5. The molecule has 1 heterocycles. The Hall–Kier alpha value is -2.29. The average molecular weight is 567 g/mol. The zero-order valence-electron chi connectivity index (χ0n) is 18.1. The second-order valence-electron chi connectivity index (χ2n) is 7.45. The summed E-state index contributed by atoms with van der Waals surface area (Å²) in [5, 5.41) is 9.60. The van der Waals surface area contributed by atoms with Gasteiger partial charge in [-0.2, -0.15) is 0 Å². The Morgan fingerprint density at radius 3 is 2.07 bits per heavy atom. The fourth-order valence-electron chi connectivity index (χ4n) is 3.32. The standard InChI is InChI=1S/C20H20N.C5H8O2.Ir/c1-12-6-13(2)9-17(8-12)20-16(5)11-18-15(4)7-14(3)10-19(18)21-20;1-4(6)3-5(2)7;/h6-8,10-11H,1-5H3;3,6H,1-2H3;/q-1;;/b;4-3-;. The van der Waals surface area contributed by atoms with Gasteiger partial charge in [0, 0.05) is 31.6 Å². The van der Waals surface area contributed by atoms with E-state index < -0.39 is 0 Å². The van der Waals surface area contributed by atoms with Crippen molar-refractivity contribution in [2.45, 2.75) is 48.5 Å². The Balaban J connectivity index is 0.000000456. The van der Waals surface area contributed by atoms with Crippen LogP contribution in [0.15, 0.2) is 42.2 Å². The number of aromatic nitrogens is 1. The molecule has 0 atom stereocenters. The first-order chi connectivity index (χ1) is 13.1. The minimum atomic E-state index is -0.125. The molecule has 0 aliphatic heterocycles. The summed E-state index contributed by atoms with van der Waals surface area (Å²) >= 11 is 0. The summed E-state index contributed by atoms with van der Waals surface area (Å²) in [6.07, 6.45) is 1.17. The smallest absolute Gasteiger partial charge is 0.155 e. The van der Waals surface area contributed by atoms with E-state index in [2.05, 4.69) is 71.0 Å². The number of nitrogens with zero attached hydrogens (tertiary/aromatic N) is 1. The Kier molecular flexibility index (Phi) is 8.94. The number of benzene rings is 2. The van der Waals surface area contributed by atoms with Crippen molar-refractivity contribution in [3.05, 3.63) is 76.1 Å². The quantitative estimate of drug-likeness (QED) is 0.226.